The van der Waals surface area contributed by atoms with Crippen molar-refractivity contribution >= 4 is 5.97 Å². The van der Waals surface area contributed by atoms with Crippen molar-refractivity contribution < 1.29 is 9.90 Å². The number of hydrogen-bond acceptors (Lipinski definition) is 2. The third-order valence-electron chi connectivity index (χ3n) is 3.54. The lowest BCUT2D eigenvalue weighted by Gasteiger charge is -2.43. The van der Waals surface area contributed by atoms with E-state index in [0.717, 1.165) is 17.5 Å². The molecule has 1 aromatic carbocycles. The predicted molar refractivity (Wildman–Crippen MR) is 62.3 cm³/mol. The van der Waals surface area contributed by atoms with E-state index < -0.39 is 11.4 Å². The summed E-state index contributed by atoms with van der Waals surface area (Å²) in [6.45, 7) is 2.05. The summed E-state index contributed by atoms with van der Waals surface area (Å²) in [5.74, 6) is -0.741. The van der Waals surface area contributed by atoms with Crippen molar-refractivity contribution in [3.63, 3.8) is 0 Å². The summed E-state index contributed by atoms with van der Waals surface area (Å²) < 4.78 is 0. The van der Waals surface area contributed by atoms with Crippen LogP contribution in [0, 0.1) is 0 Å². The fraction of sp³-hybridized carbons (Fsp3) is 0.462. The Morgan fingerprint density at radius 3 is 2.62 bits per heavy atom. The molecule has 3 heteroatoms. The molecule has 1 aliphatic carbocycles. The summed E-state index contributed by atoms with van der Waals surface area (Å²) in [7, 11) is 0. The minimum atomic E-state index is -0.741. The summed E-state index contributed by atoms with van der Waals surface area (Å²) in [5.41, 5.74) is 7.10. The van der Waals surface area contributed by atoms with Gasteiger partial charge in [0.1, 0.15) is 0 Å². The Kier molecular flexibility index (Phi) is 2.72. The molecular weight excluding hydrogens is 202 g/mol. The number of carboxylic acids is 1. The largest absolute Gasteiger partial charge is 0.481 e. The van der Waals surface area contributed by atoms with Crippen LogP contribution in [0.5, 0.6) is 0 Å². The van der Waals surface area contributed by atoms with Gasteiger partial charge >= 0.3 is 5.97 Å². The van der Waals surface area contributed by atoms with Crippen molar-refractivity contribution in [2.24, 2.45) is 5.73 Å². The van der Waals surface area contributed by atoms with Crippen molar-refractivity contribution in [3.05, 3.63) is 35.4 Å². The molecule has 1 fully saturated rings. The molecule has 0 aliphatic heterocycles. The van der Waals surface area contributed by atoms with Crippen LogP contribution in [0.1, 0.15) is 30.9 Å². The lowest BCUT2D eigenvalue weighted by Crippen LogP contribution is -2.54. The van der Waals surface area contributed by atoms with Gasteiger partial charge in [-0.1, -0.05) is 31.2 Å². The molecule has 0 aromatic heterocycles. The normalized spacial score (nSPS) is 28.5. The molecule has 86 valence electrons. The van der Waals surface area contributed by atoms with Gasteiger partial charge in [-0.25, -0.2) is 0 Å². The van der Waals surface area contributed by atoms with Gasteiger partial charge in [-0.2, -0.15) is 0 Å². The van der Waals surface area contributed by atoms with Crippen LogP contribution < -0.4 is 5.73 Å². The van der Waals surface area contributed by atoms with E-state index in [4.69, 9.17) is 5.73 Å². The Bertz CT molecular complexity index is 408. The van der Waals surface area contributed by atoms with Crippen LogP contribution in [-0.4, -0.2) is 17.1 Å². The van der Waals surface area contributed by atoms with Crippen LogP contribution in [0.25, 0.3) is 0 Å². The van der Waals surface area contributed by atoms with E-state index in [1.165, 1.54) is 0 Å². The summed E-state index contributed by atoms with van der Waals surface area (Å²) in [6.07, 6.45) is 1.97. The van der Waals surface area contributed by atoms with Gasteiger partial charge in [-0.05, 0) is 30.4 Å². The van der Waals surface area contributed by atoms with E-state index in [1.54, 1.807) is 0 Å². The topological polar surface area (TPSA) is 63.3 Å². The Morgan fingerprint density at radius 2 is 2.12 bits per heavy atom. The first kappa shape index (κ1) is 11.1. The van der Waals surface area contributed by atoms with Crippen LogP contribution in [0.15, 0.2) is 24.3 Å². The molecule has 0 spiro atoms. The van der Waals surface area contributed by atoms with Gasteiger partial charge in [0.25, 0.3) is 0 Å². The predicted octanol–water partition coefficient (Wildman–Crippen LogP) is 1.69. The first-order chi connectivity index (χ1) is 7.60. The average Bonchev–Trinajstić information content (AvgIpc) is 2.24. The maximum absolute atomic E-state index is 11.5. The SMILES string of the molecule is CCc1ccccc1C1(C(=O)O)CC(N)C1. The number of aliphatic carboxylic acids is 1. The van der Waals surface area contributed by atoms with Gasteiger partial charge in [-0.3, -0.25) is 4.79 Å². The van der Waals surface area contributed by atoms with Crippen molar-refractivity contribution in [2.45, 2.75) is 37.6 Å². The number of hydrogen-bond donors (Lipinski definition) is 2. The third-order valence-corrected chi connectivity index (χ3v) is 3.54. The number of benzene rings is 1. The lowest BCUT2D eigenvalue weighted by molar-refractivity contribution is -0.148. The number of aryl methyl sites for hydroxylation is 1. The van der Waals surface area contributed by atoms with Crippen LogP contribution in [0.4, 0.5) is 0 Å². The van der Waals surface area contributed by atoms with Crippen LogP contribution in [-0.2, 0) is 16.6 Å². The van der Waals surface area contributed by atoms with E-state index >= 15 is 0 Å². The number of carbonyl (C=O) groups is 1. The highest BCUT2D eigenvalue weighted by Gasteiger charge is 2.51. The summed E-state index contributed by atoms with van der Waals surface area (Å²) in [4.78, 5) is 11.5. The maximum atomic E-state index is 11.5. The molecule has 3 nitrogen and oxygen atoms in total. The second-order valence-electron chi connectivity index (χ2n) is 4.57. The van der Waals surface area contributed by atoms with E-state index in [-0.39, 0.29) is 6.04 Å². The van der Waals surface area contributed by atoms with E-state index in [0.29, 0.717) is 12.8 Å². The first-order valence-corrected chi connectivity index (χ1v) is 5.67. The van der Waals surface area contributed by atoms with Gasteiger partial charge in [0.05, 0.1) is 5.41 Å². The van der Waals surface area contributed by atoms with Crippen LogP contribution >= 0.6 is 0 Å². The molecule has 0 amide bonds. The molecule has 0 atom stereocenters. The van der Waals surface area contributed by atoms with Gasteiger partial charge < -0.3 is 10.8 Å². The van der Waals surface area contributed by atoms with Crippen molar-refractivity contribution in [2.75, 3.05) is 0 Å². The molecule has 0 unspecified atom stereocenters. The van der Waals surface area contributed by atoms with Crippen molar-refractivity contribution in [3.8, 4) is 0 Å². The molecule has 16 heavy (non-hydrogen) atoms. The second kappa shape index (κ2) is 3.91. The van der Waals surface area contributed by atoms with Crippen molar-refractivity contribution in [1.29, 1.82) is 0 Å². The Labute approximate surface area is 95.3 Å². The fourth-order valence-electron chi connectivity index (χ4n) is 2.64. The summed E-state index contributed by atoms with van der Waals surface area (Å²) in [6, 6.07) is 7.82. The molecule has 0 radical (unpaired) electrons. The summed E-state index contributed by atoms with van der Waals surface area (Å²) in [5, 5.41) is 9.42. The average molecular weight is 219 g/mol. The number of rotatable bonds is 3. The molecule has 1 saturated carbocycles. The highest BCUT2D eigenvalue weighted by molar-refractivity contribution is 5.83. The molecule has 0 bridgehead atoms. The molecule has 1 aromatic rings. The van der Waals surface area contributed by atoms with Gasteiger partial charge in [0.2, 0.25) is 0 Å². The smallest absolute Gasteiger partial charge is 0.314 e. The fourth-order valence-corrected chi connectivity index (χ4v) is 2.64. The Morgan fingerprint density at radius 1 is 1.50 bits per heavy atom. The first-order valence-electron chi connectivity index (χ1n) is 5.67. The van der Waals surface area contributed by atoms with Gasteiger partial charge in [-0.15, -0.1) is 0 Å². The molecule has 0 saturated heterocycles. The zero-order chi connectivity index (χ0) is 11.8. The monoisotopic (exact) mass is 219 g/mol. The molecule has 1 aliphatic rings. The van der Waals surface area contributed by atoms with Gasteiger partial charge in [0, 0.05) is 6.04 Å². The number of nitrogens with two attached hydrogens (primary N) is 1. The molecule has 3 N–H and O–H groups in total. The highest BCUT2D eigenvalue weighted by atomic mass is 16.4. The van der Waals surface area contributed by atoms with E-state index in [2.05, 4.69) is 0 Å². The highest BCUT2D eigenvalue weighted by Crippen LogP contribution is 2.44. The van der Waals surface area contributed by atoms with Crippen LogP contribution in [0.3, 0.4) is 0 Å². The standard InChI is InChI=1S/C13H17NO2/c1-2-9-5-3-4-6-11(9)13(12(15)16)7-10(14)8-13/h3-6,10H,2,7-8,14H2,1H3,(H,15,16). The van der Waals surface area contributed by atoms with Crippen molar-refractivity contribution in [1.82, 2.24) is 0 Å². The minimum Gasteiger partial charge on any atom is -0.481 e. The number of carboxylic acid groups (broad SMARTS) is 1. The molecular formula is C13H17NO2. The lowest BCUT2D eigenvalue weighted by atomic mass is 9.60. The third kappa shape index (κ3) is 1.52. The molecule has 0 heterocycles. The Balaban J connectivity index is 2.44. The zero-order valence-corrected chi connectivity index (χ0v) is 9.44. The van der Waals surface area contributed by atoms with E-state index in [9.17, 15) is 9.90 Å². The second-order valence-corrected chi connectivity index (χ2v) is 4.57. The zero-order valence-electron chi connectivity index (χ0n) is 9.44. The maximum Gasteiger partial charge on any atom is 0.314 e. The quantitative estimate of drug-likeness (QED) is 0.813. The summed E-state index contributed by atoms with van der Waals surface area (Å²) >= 11 is 0. The van der Waals surface area contributed by atoms with Crippen LogP contribution in [0.2, 0.25) is 0 Å². The minimum absolute atomic E-state index is 0.0287. The molecule has 2 rings (SSSR count). The van der Waals surface area contributed by atoms with E-state index in [1.807, 2.05) is 31.2 Å². The Hall–Kier alpha value is -1.35. The van der Waals surface area contributed by atoms with Gasteiger partial charge in [0.15, 0.2) is 0 Å².